The Morgan fingerprint density at radius 1 is 1.12 bits per heavy atom. The number of para-hydroxylation sites is 1. The lowest BCUT2D eigenvalue weighted by atomic mass is 10.0. The predicted octanol–water partition coefficient (Wildman–Crippen LogP) is 2.64. The Morgan fingerprint density at radius 3 is 2.40 bits per heavy atom. The molecule has 0 bridgehead atoms. The molecule has 2 rings (SSSR count). The van der Waals surface area contributed by atoms with Crippen LogP contribution in [0.4, 0.5) is 11.5 Å². The average molecular weight is 341 g/mol. The first-order valence-corrected chi connectivity index (χ1v) is 8.67. The number of carbonyl (C=O) groups excluding carboxylic acids is 1. The van der Waals surface area contributed by atoms with Crippen molar-refractivity contribution in [3.05, 3.63) is 47.4 Å². The van der Waals surface area contributed by atoms with Gasteiger partial charge in [-0.3, -0.25) is 4.79 Å². The summed E-state index contributed by atoms with van der Waals surface area (Å²) in [7, 11) is 3.94. The SMILES string of the molecule is CCc1cccc(CC)c1Nc1cc(C(=O)NCCN(C)C)ncn1. The summed E-state index contributed by atoms with van der Waals surface area (Å²) >= 11 is 0. The van der Waals surface area contributed by atoms with Gasteiger partial charge in [-0.25, -0.2) is 9.97 Å². The largest absolute Gasteiger partial charge is 0.349 e. The van der Waals surface area contributed by atoms with Crippen LogP contribution in [0.3, 0.4) is 0 Å². The number of amides is 1. The van der Waals surface area contributed by atoms with E-state index in [0.29, 0.717) is 18.1 Å². The number of aryl methyl sites for hydroxylation is 2. The Hall–Kier alpha value is -2.47. The molecule has 1 aromatic carbocycles. The van der Waals surface area contributed by atoms with Crippen LogP contribution < -0.4 is 10.6 Å². The van der Waals surface area contributed by atoms with Crippen LogP contribution in [0, 0.1) is 0 Å². The molecule has 0 aliphatic carbocycles. The summed E-state index contributed by atoms with van der Waals surface area (Å²) in [6, 6.07) is 7.98. The highest BCUT2D eigenvalue weighted by molar-refractivity contribution is 5.93. The lowest BCUT2D eigenvalue weighted by Gasteiger charge is -2.15. The molecular weight excluding hydrogens is 314 g/mol. The molecule has 0 aliphatic heterocycles. The number of hydrogen-bond acceptors (Lipinski definition) is 5. The highest BCUT2D eigenvalue weighted by Crippen LogP contribution is 2.25. The van der Waals surface area contributed by atoms with Gasteiger partial charge in [0.05, 0.1) is 0 Å². The van der Waals surface area contributed by atoms with Crippen molar-refractivity contribution in [3.63, 3.8) is 0 Å². The van der Waals surface area contributed by atoms with Gasteiger partial charge in [-0.15, -0.1) is 0 Å². The summed E-state index contributed by atoms with van der Waals surface area (Å²) in [5.41, 5.74) is 3.90. The number of carbonyl (C=O) groups is 1. The molecule has 1 amide bonds. The highest BCUT2D eigenvalue weighted by atomic mass is 16.1. The van der Waals surface area contributed by atoms with Crippen LogP contribution in [0.15, 0.2) is 30.6 Å². The van der Waals surface area contributed by atoms with Crippen LogP contribution in [0.5, 0.6) is 0 Å². The maximum Gasteiger partial charge on any atom is 0.270 e. The second kappa shape index (κ2) is 9.13. The van der Waals surface area contributed by atoms with Crippen molar-refractivity contribution in [3.8, 4) is 0 Å². The fraction of sp³-hybridized carbons (Fsp3) is 0.421. The highest BCUT2D eigenvalue weighted by Gasteiger charge is 2.11. The van der Waals surface area contributed by atoms with E-state index in [1.165, 1.54) is 17.5 Å². The standard InChI is InChI=1S/C19H27N5O/c1-5-14-8-7-9-15(6-2)18(14)23-17-12-16(21-13-22-17)19(25)20-10-11-24(3)4/h7-9,12-13H,5-6,10-11H2,1-4H3,(H,20,25)(H,21,22,23). The van der Waals surface area contributed by atoms with Gasteiger partial charge in [0.15, 0.2) is 0 Å². The third-order valence-corrected chi connectivity index (χ3v) is 4.00. The van der Waals surface area contributed by atoms with Gasteiger partial charge in [0, 0.05) is 24.8 Å². The van der Waals surface area contributed by atoms with Gasteiger partial charge in [0.1, 0.15) is 17.8 Å². The minimum Gasteiger partial charge on any atom is -0.349 e. The predicted molar refractivity (Wildman–Crippen MR) is 101 cm³/mol. The van der Waals surface area contributed by atoms with E-state index < -0.39 is 0 Å². The van der Waals surface area contributed by atoms with Gasteiger partial charge in [-0.05, 0) is 38.1 Å². The van der Waals surface area contributed by atoms with Crippen molar-refractivity contribution >= 4 is 17.4 Å². The monoisotopic (exact) mass is 341 g/mol. The molecule has 0 spiro atoms. The minimum absolute atomic E-state index is 0.188. The molecule has 134 valence electrons. The van der Waals surface area contributed by atoms with Gasteiger partial charge in [-0.1, -0.05) is 32.0 Å². The number of nitrogens with zero attached hydrogens (tertiary/aromatic N) is 3. The Balaban J connectivity index is 2.16. The molecule has 25 heavy (non-hydrogen) atoms. The van der Waals surface area contributed by atoms with Gasteiger partial charge in [0.2, 0.25) is 0 Å². The molecule has 0 fully saturated rings. The lowest BCUT2D eigenvalue weighted by molar-refractivity contribution is 0.0946. The van der Waals surface area contributed by atoms with Crippen LogP contribution in [0.1, 0.15) is 35.5 Å². The van der Waals surface area contributed by atoms with Crippen molar-refractivity contribution in [2.75, 3.05) is 32.5 Å². The molecule has 0 aliphatic rings. The molecule has 2 aromatic rings. The molecule has 6 heteroatoms. The average Bonchev–Trinajstić information content (AvgIpc) is 2.61. The third kappa shape index (κ3) is 5.26. The van der Waals surface area contributed by atoms with E-state index in [1.54, 1.807) is 6.07 Å². The van der Waals surface area contributed by atoms with Crippen LogP contribution >= 0.6 is 0 Å². The first-order chi connectivity index (χ1) is 12.0. The summed E-state index contributed by atoms with van der Waals surface area (Å²) in [6.45, 7) is 5.62. The summed E-state index contributed by atoms with van der Waals surface area (Å²) in [5.74, 6) is 0.440. The molecule has 0 atom stereocenters. The Morgan fingerprint density at radius 2 is 1.80 bits per heavy atom. The van der Waals surface area contributed by atoms with Crippen LogP contribution in [0.25, 0.3) is 0 Å². The van der Waals surface area contributed by atoms with Crippen molar-refractivity contribution in [1.29, 1.82) is 0 Å². The van der Waals surface area contributed by atoms with E-state index in [4.69, 9.17) is 0 Å². The molecule has 0 saturated heterocycles. The van der Waals surface area contributed by atoms with Gasteiger partial charge < -0.3 is 15.5 Å². The van der Waals surface area contributed by atoms with E-state index in [9.17, 15) is 4.79 Å². The van der Waals surface area contributed by atoms with E-state index in [1.807, 2.05) is 19.0 Å². The topological polar surface area (TPSA) is 70.2 Å². The van der Waals surface area contributed by atoms with Gasteiger partial charge in [0.25, 0.3) is 5.91 Å². The number of aromatic nitrogens is 2. The Kier molecular flexibility index (Phi) is 6.89. The molecule has 2 N–H and O–H groups in total. The van der Waals surface area contributed by atoms with Crippen LogP contribution in [-0.4, -0.2) is 48.0 Å². The number of likely N-dealkylation sites (N-methyl/N-ethyl adjacent to an activating group) is 1. The van der Waals surface area contributed by atoms with E-state index in [-0.39, 0.29) is 5.91 Å². The van der Waals surface area contributed by atoms with E-state index >= 15 is 0 Å². The summed E-state index contributed by atoms with van der Waals surface area (Å²) in [6.07, 6.45) is 3.28. The molecule has 1 heterocycles. The quantitative estimate of drug-likeness (QED) is 0.772. The molecule has 0 saturated carbocycles. The Labute approximate surface area is 149 Å². The van der Waals surface area contributed by atoms with Crippen molar-refractivity contribution < 1.29 is 4.79 Å². The number of nitrogens with one attached hydrogen (secondary N) is 2. The zero-order valence-corrected chi connectivity index (χ0v) is 15.5. The van der Waals surface area contributed by atoms with E-state index in [2.05, 4.69) is 52.6 Å². The van der Waals surface area contributed by atoms with Crippen molar-refractivity contribution in [2.24, 2.45) is 0 Å². The second-order valence-corrected chi connectivity index (χ2v) is 6.13. The lowest BCUT2D eigenvalue weighted by Crippen LogP contribution is -2.31. The minimum atomic E-state index is -0.188. The zero-order chi connectivity index (χ0) is 18.2. The van der Waals surface area contributed by atoms with Crippen molar-refractivity contribution in [2.45, 2.75) is 26.7 Å². The fourth-order valence-corrected chi connectivity index (χ4v) is 2.56. The summed E-state index contributed by atoms with van der Waals surface area (Å²) in [5, 5.41) is 6.24. The van der Waals surface area contributed by atoms with Crippen molar-refractivity contribution in [1.82, 2.24) is 20.2 Å². The van der Waals surface area contributed by atoms with E-state index in [0.717, 1.165) is 25.1 Å². The molecule has 6 nitrogen and oxygen atoms in total. The van der Waals surface area contributed by atoms with Gasteiger partial charge in [-0.2, -0.15) is 0 Å². The number of hydrogen-bond donors (Lipinski definition) is 2. The third-order valence-electron chi connectivity index (χ3n) is 4.00. The Bertz CT molecular complexity index is 692. The summed E-state index contributed by atoms with van der Waals surface area (Å²) in [4.78, 5) is 22.6. The summed E-state index contributed by atoms with van der Waals surface area (Å²) < 4.78 is 0. The molecule has 0 unspecified atom stereocenters. The number of anilines is 2. The molecule has 0 radical (unpaired) electrons. The van der Waals surface area contributed by atoms with Gasteiger partial charge >= 0.3 is 0 Å². The first-order valence-electron chi connectivity index (χ1n) is 8.67. The smallest absolute Gasteiger partial charge is 0.270 e. The maximum absolute atomic E-state index is 12.2. The molecule has 1 aromatic heterocycles. The van der Waals surface area contributed by atoms with Crippen LogP contribution in [0.2, 0.25) is 0 Å². The number of rotatable bonds is 8. The van der Waals surface area contributed by atoms with Crippen LogP contribution in [-0.2, 0) is 12.8 Å². The molecular formula is C19H27N5O. The number of benzene rings is 1. The first kappa shape index (κ1) is 18.9. The zero-order valence-electron chi connectivity index (χ0n) is 15.5. The normalized spacial score (nSPS) is 10.8. The fourth-order valence-electron chi connectivity index (χ4n) is 2.56. The maximum atomic E-state index is 12.2. The second-order valence-electron chi connectivity index (χ2n) is 6.13.